The van der Waals surface area contributed by atoms with Crippen LogP contribution in [-0.2, 0) is 9.53 Å². The molecule has 0 radical (unpaired) electrons. The Morgan fingerprint density at radius 3 is 2.50 bits per heavy atom. The molecule has 3 rings (SSSR count). The predicted molar refractivity (Wildman–Crippen MR) is 95.0 cm³/mol. The highest BCUT2D eigenvalue weighted by atomic mass is 19.1. The molecule has 0 saturated carbocycles. The SMILES string of the molecule is NCC1(C(=O)N2CCCN(C(=O)c3cccc(F)c3)CC2)CCOCC1. The van der Waals surface area contributed by atoms with Crippen LogP contribution < -0.4 is 5.73 Å². The van der Waals surface area contributed by atoms with E-state index < -0.39 is 11.2 Å². The second-order valence-corrected chi connectivity index (χ2v) is 7.05. The molecule has 2 N–H and O–H groups in total. The molecule has 0 bridgehead atoms. The van der Waals surface area contributed by atoms with Crippen molar-refractivity contribution in [2.24, 2.45) is 11.1 Å². The van der Waals surface area contributed by atoms with E-state index in [4.69, 9.17) is 10.5 Å². The summed E-state index contributed by atoms with van der Waals surface area (Å²) in [4.78, 5) is 29.2. The van der Waals surface area contributed by atoms with Gasteiger partial charge in [0.15, 0.2) is 0 Å². The van der Waals surface area contributed by atoms with Gasteiger partial charge in [0.25, 0.3) is 5.91 Å². The summed E-state index contributed by atoms with van der Waals surface area (Å²) >= 11 is 0. The van der Waals surface area contributed by atoms with Crippen molar-refractivity contribution in [3.05, 3.63) is 35.6 Å². The molecule has 2 aliphatic heterocycles. The van der Waals surface area contributed by atoms with E-state index in [0.29, 0.717) is 70.8 Å². The Labute approximate surface area is 153 Å². The summed E-state index contributed by atoms with van der Waals surface area (Å²) in [6.45, 7) is 3.51. The van der Waals surface area contributed by atoms with Crippen LogP contribution in [0.1, 0.15) is 29.6 Å². The highest BCUT2D eigenvalue weighted by Gasteiger charge is 2.41. The number of hydrogen-bond donors (Lipinski definition) is 1. The Balaban J connectivity index is 1.66. The van der Waals surface area contributed by atoms with Crippen LogP contribution in [0.25, 0.3) is 0 Å². The molecular formula is C19H26FN3O3. The summed E-state index contributed by atoms with van der Waals surface area (Å²) in [7, 11) is 0. The third kappa shape index (κ3) is 3.88. The third-order valence-electron chi connectivity index (χ3n) is 5.44. The molecule has 2 aliphatic rings. The topological polar surface area (TPSA) is 75.9 Å². The zero-order valence-electron chi connectivity index (χ0n) is 15.0. The van der Waals surface area contributed by atoms with Crippen LogP contribution in [0.5, 0.6) is 0 Å². The van der Waals surface area contributed by atoms with E-state index in [2.05, 4.69) is 0 Å². The molecule has 2 heterocycles. The monoisotopic (exact) mass is 363 g/mol. The lowest BCUT2D eigenvalue weighted by atomic mass is 9.79. The van der Waals surface area contributed by atoms with Gasteiger partial charge in [0.05, 0.1) is 5.41 Å². The molecule has 26 heavy (non-hydrogen) atoms. The van der Waals surface area contributed by atoms with E-state index >= 15 is 0 Å². The van der Waals surface area contributed by atoms with E-state index in [1.165, 1.54) is 18.2 Å². The predicted octanol–water partition coefficient (Wildman–Crippen LogP) is 1.26. The first-order valence-electron chi connectivity index (χ1n) is 9.18. The van der Waals surface area contributed by atoms with Crippen molar-refractivity contribution in [1.82, 2.24) is 9.80 Å². The Bertz CT molecular complexity index is 661. The normalized spacial score (nSPS) is 20.5. The molecule has 2 amide bonds. The standard InChI is InChI=1S/C19H26FN3O3/c20-16-4-1-3-15(13-16)17(24)22-7-2-8-23(10-9-22)18(25)19(14-21)5-11-26-12-6-19/h1,3-4,13H,2,5-12,14,21H2. The summed E-state index contributed by atoms with van der Waals surface area (Å²) < 4.78 is 18.8. The van der Waals surface area contributed by atoms with Gasteiger partial charge in [0.1, 0.15) is 5.82 Å². The van der Waals surface area contributed by atoms with Gasteiger partial charge in [-0.2, -0.15) is 0 Å². The molecular weight excluding hydrogens is 337 g/mol. The van der Waals surface area contributed by atoms with Crippen molar-refractivity contribution in [3.8, 4) is 0 Å². The number of nitrogens with two attached hydrogens (primary N) is 1. The molecule has 0 atom stereocenters. The van der Waals surface area contributed by atoms with Gasteiger partial charge in [0, 0.05) is 51.5 Å². The Morgan fingerprint density at radius 1 is 1.12 bits per heavy atom. The molecule has 0 aliphatic carbocycles. The number of ether oxygens (including phenoxy) is 1. The summed E-state index contributed by atoms with van der Waals surface area (Å²) in [5, 5.41) is 0. The highest BCUT2D eigenvalue weighted by molar-refractivity contribution is 5.94. The molecule has 6 nitrogen and oxygen atoms in total. The number of benzene rings is 1. The van der Waals surface area contributed by atoms with Crippen molar-refractivity contribution in [3.63, 3.8) is 0 Å². The molecule has 0 aromatic heterocycles. The molecule has 142 valence electrons. The van der Waals surface area contributed by atoms with Crippen molar-refractivity contribution < 1.29 is 18.7 Å². The zero-order chi connectivity index (χ0) is 18.6. The number of amides is 2. The van der Waals surface area contributed by atoms with Crippen LogP contribution in [0.4, 0.5) is 4.39 Å². The second-order valence-electron chi connectivity index (χ2n) is 7.05. The highest BCUT2D eigenvalue weighted by Crippen LogP contribution is 2.32. The van der Waals surface area contributed by atoms with Crippen molar-refractivity contribution in [2.75, 3.05) is 45.9 Å². The lowest BCUT2D eigenvalue weighted by molar-refractivity contribution is -0.147. The van der Waals surface area contributed by atoms with Crippen LogP contribution in [0.3, 0.4) is 0 Å². The molecule has 1 aromatic carbocycles. The van der Waals surface area contributed by atoms with E-state index in [9.17, 15) is 14.0 Å². The molecule has 0 spiro atoms. The number of halogens is 1. The fourth-order valence-electron chi connectivity index (χ4n) is 3.73. The average molecular weight is 363 g/mol. The Kier molecular flexibility index (Phi) is 5.88. The maximum Gasteiger partial charge on any atom is 0.254 e. The van der Waals surface area contributed by atoms with Crippen molar-refractivity contribution in [1.29, 1.82) is 0 Å². The van der Waals surface area contributed by atoms with Gasteiger partial charge < -0.3 is 20.3 Å². The lowest BCUT2D eigenvalue weighted by Crippen LogP contribution is -2.51. The van der Waals surface area contributed by atoms with Gasteiger partial charge in [0.2, 0.25) is 5.91 Å². The summed E-state index contributed by atoms with van der Waals surface area (Å²) in [6, 6.07) is 5.72. The number of nitrogens with zero attached hydrogens (tertiary/aromatic N) is 2. The molecule has 1 aromatic rings. The van der Waals surface area contributed by atoms with E-state index in [1.807, 2.05) is 4.90 Å². The second kappa shape index (κ2) is 8.14. The van der Waals surface area contributed by atoms with E-state index in [-0.39, 0.29) is 11.8 Å². The van der Waals surface area contributed by atoms with E-state index in [0.717, 1.165) is 0 Å². The number of carbonyl (C=O) groups is 2. The third-order valence-corrected chi connectivity index (χ3v) is 5.44. The fraction of sp³-hybridized carbons (Fsp3) is 0.579. The minimum atomic E-state index is -0.542. The van der Waals surface area contributed by atoms with Gasteiger partial charge >= 0.3 is 0 Å². The number of hydrogen-bond acceptors (Lipinski definition) is 4. The van der Waals surface area contributed by atoms with Crippen LogP contribution in [0, 0.1) is 11.2 Å². The summed E-state index contributed by atoms with van der Waals surface area (Å²) in [5.74, 6) is -0.548. The van der Waals surface area contributed by atoms with Crippen LogP contribution in [-0.4, -0.2) is 67.6 Å². The molecule has 2 saturated heterocycles. The first kappa shape index (κ1) is 18.8. The van der Waals surface area contributed by atoms with Crippen LogP contribution in [0.2, 0.25) is 0 Å². The first-order valence-corrected chi connectivity index (χ1v) is 9.18. The fourth-order valence-corrected chi connectivity index (χ4v) is 3.73. The smallest absolute Gasteiger partial charge is 0.254 e. The zero-order valence-corrected chi connectivity index (χ0v) is 15.0. The number of rotatable bonds is 3. The summed E-state index contributed by atoms with van der Waals surface area (Å²) in [5.41, 5.74) is 5.75. The molecule has 7 heteroatoms. The van der Waals surface area contributed by atoms with Crippen molar-refractivity contribution in [2.45, 2.75) is 19.3 Å². The maximum absolute atomic E-state index is 13.4. The van der Waals surface area contributed by atoms with Gasteiger partial charge in [-0.1, -0.05) is 6.07 Å². The van der Waals surface area contributed by atoms with Gasteiger partial charge in [-0.15, -0.1) is 0 Å². The largest absolute Gasteiger partial charge is 0.381 e. The van der Waals surface area contributed by atoms with Crippen molar-refractivity contribution >= 4 is 11.8 Å². The molecule has 0 unspecified atom stereocenters. The minimum Gasteiger partial charge on any atom is -0.381 e. The number of carbonyl (C=O) groups excluding carboxylic acids is 2. The average Bonchev–Trinajstić information content (AvgIpc) is 2.93. The minimum absolute atomic E-state index is 0.0726. The Morgan fingerprint density at radius 2 is 1.81 bits per heavy atom. The van der Waals surface area contributed by atoms with Gasteiger partial charge in [-0.05, 0) is 37.5 Å². The quantitative estimate of drug-likeness (QED) is 0.877. The van der Waals surface area contributed by atoms with Gasteiger partial charge in [-0.3, -0.25) is 9.59 Å². The van der Waals surface area contributed by atoms with Crippen LogP contribution >= 0.6 is 0 Å². The van der Waals surface area contributed by atoms with E-state index in [1.54, 1.807) is 11.0 Å². The van der Waals surface area contributed by atoms with Gasteiger partial charge in [-0.25, -0.2) is 4.39 Å². The summed E-state index contributed by atoms with van der Waals surface area (Å²) in [6.07, 6.45) is 1.99. The maximum atomic E-state index is 13.4. The Hall–Kier alpha value is -1.99. The molecule has 2 fully saturated rings. The van der Waals surface area contributed by atoms with Crippen LogP contribution in [0.15, 0.2) is 24.3 Å². The first-order chi connectivity index (χ1) is 12.6. The lowest BCUT2D eigenvalue weighted by Gasteiger charge is -2.38.